The van der Waals surface area contributed by atoms with Gasteiger partial charge in [-0.1, -0.05) is 0 Å². The quantitative estimate of drug-likeness (QED) is 0.650. The molecule has 0 aliphatic rings. The van der Waals surface area contributed by atoms with Crippen molar-refractivity contribution in [3.05, 3.63) is 40.3 Å². The van der Waals surface area contributed by atoms with Gasteiger partial charge >= 0.3 is 5.69 Å². The minimum atomic E-state index is -0.576. The van der Waals surface area contributed by atoms with E-state index in [9.17, 15) is 10.1 Å². The zero-order chi connectivity index (χ0) is 13.8. The highest BCUT2D eigenvalue weighted by Gasteiger charge is 2.19. The van der Waals surface area contributed by atoms with Gasteiger partial charge in [-0.25, -0.2) is 9.97 Å². The Morgan fingerprint density at radius 3 is 2.84 bits per heavy atom. The molecule has 19 heavy (non-hydrogen) atoms. The third-order valence-electron chi connectivity index (χ3n) is 2.33. The maximum Gasteiger partial charge on any atom is 0.313 e. The molecule has 0 aliphatic heterocycles. The standard InChI is InChI=1S/C11H8N6O2/c1-13-11-15-6-9(17(18)19)10(16-11)8-2-7(3-12)4-14-5-8/h2,4-6H,1H3,(H,13,15,16). The van der Waals surface area contributed by atoms with Crippen molar-refractivity contribution < 1.29 is 4.92 Å². The van der Waals surface area contributed by atoms with E-state index in [1.807, 2.05) is 6.07 Å². The number of nitriles is 1. The second-order valence-electron chi connectivity index (χ2n) is 3.51. The zero-order valence-corrected chi connectivity index (χ0v) is 9.86. The minimum Gasteiger partial charge on any atom is -0.357 e. The van der Waals surface area contributed by atoms with Crippen LogP contribution >= 0.6 is 0 Å². The molecule has 0 radical (unpaired) electrons. The molecule has 0 amide bonds. The first-order valence-electron chi connectivity index (χ1n) is 5.20. The molecule has 0 aromatic carbocycles. The van der Waals surface area contributed by atoms with E-state index in [0.29, 0.717) is 11.1 Å². The summed E-state index contributed by atoms with van der Waals surface area (Å²) in [4.78, 5) is 22.1. The van der Waals surface area contributed by atoms with Gasteiger partial charge in [0.05, 0.1) is 10.5 Å². The Balaban J connectivity index is 2.64. The van der Waals surface area contributed by atoms with Crippen molar-refractivity contribution in [2.75, 3.05) is 12.4 Å². The molecule has 8 heteroatoms. The van der Waals surface area contributed by atoms with Gasteiger partial charge in [-0.15, -0.1) is 0 Å². The first-order valence-corrected chi connectivity index (χ1v) is 5.20. The predicted molar refractivity (Wildman–Crippen MR) is 66.2 cm³/mol. The number of hydrogen-bond donors (Lipinski definition) is 1. The number of nitro groups is 1. The van der Waals surface area contributed by atoms with Crippen LogP contribution in [0.2, 0.25) is 0 Å². The SMILES string of the molecule is CNc1ncc([N+](=O)[O-])c(-c2cncc(C#N)c2)n1. The Hall–Kier alpha value is -3.08. The van der Waals surface area contributed by atoms with Gasteiger partial charge in [-0.05, 0) is 6.07 Å². The summed E-state index contributed by atoms with van der Waals surface area (Å²) in [7, 11) is 1.61. The molecule has 2 aromatic rings. The van der Waals surface area contributed by atoms with Crippen molar-refractivity contribution in [2.45, 2.75) is 0 Å². The molecular formula is C11H8N6O2. The molecule has 2 heterocycles. The predicted octanol–water partition coefficient (Wildman–Crippen LogP) is 1.36. The summed E-state index contributed by atoms with van der Waals surface area (Å²) in [6.07, 6.45) is 3.90. The third kappa shape index (κ3) is 2.44. The first-order chi connectivity index (χ1) is 9.15. The van der Waals surface area contributed by atoms with E-state index in [1.54, 1.807) is 7.05 Å². The monoisotopic (exact) mass is 256 g/mol. The molecule has 0 bridgehead atoms. The Bertz CT molecular complexity index is 679. The second-order valence-corrected chi connectivity index (χ2v) is 3.51. The van der Waals surface area contributed by atoms with Gasteiger partial charge in [-0.3, -0.25) is 15.1 Å². The lowest BCUT2D eigenvalue weighted by molar-refractivity contribution is -0.384. The van der Waals surface area contributed by atoms with E-state index in [1.165, 1.54) is 18.5 Å². The van der Waals surface area contributed by atoms with E-state index in [0.717, 1.165) is 6.20 Å². The van der Waals surface area contributed by atoms with Crippen LogP contribution in [0.5, 0.6) is 0 Å². The number of pyridine rings is 1. The van der Waals surface area contributed by atoms with Gasteiger partial charge in [0.2, 0.25) is 5.95 Å². The minimum absolute atomic E-state index is 0.119. The molecule has 0 aliphatic carbocycles. The van der Waals surface area contributed by atoms with Crippen molar-refractivity contribution in [3.63, 3.8) is 0 Å². The smallest absolute Gasteiger partial charge is 0.313 e. The number of anilines is 1. The van der Waals surface area contributed by atoms with E-state index in [4.69, 9.17) is 5.26 Å². The summed E-state index contributed by atoms with van der Waals surface area (Å²) < 4.78 is 0. The molecule has 2 rings (SSSR count). The Labute approximate surface area is 107 Å². The molecule has 0 unspecified atom stereocenters. The second kappa shape index (κ2) is 5.05. The van der Waals surface area contributed by atoms with Crippen LogP contribution in [0.4, 0.5) is 11.6 Å². The van der Waals surface area contributed by atoms with Crippen molar-refractivity contribution in [3.8, 4) is 17.3 Å². The van der Waals surface area contributed by atoms with Gasteiger partial charge in [0, 0.05) is 25.0 Å². The Morgan fingerprint density at radius 2 is 2.21 bits per heavy atom. The van der Waals surface area contributed by atoms with Crippen LogP contribution in [0.15, 0.2) is 24.7 Å². The largest absolute Gasteiger partial charge is 0.357 e. The molecule has 0 atom stereocenters. The van der Waals surface area contributed by atoms with E-state index in [2.05, 4.69) is 20.3 Å². The van der Waals surface area contributed by atoms with Gasteiger partial charge < -0.3 is 5.32 Å². The number of nitrogens with zero attached hydrogens (tertiary/aromatic N) is 5. The fourth-order valence-corrected chi connectivity index (χ4v) is 1.47. The van der Waals surface area contributed by atoms with Crippen LogP contribution in [0.1, 0.15) is 5.56 Å². The molecule has 94 valence electrons. The highest BCUT2D eigenvalue weighted by Crippen LogP contribution is 2.27. The molecule has 8 nitrogen and oxygen atoms in total. The molecule has 1 N–H and O–H groups in total. The number of aromatic nitrogens is 3. The highest BCUT2D eigenvalue weighted by atomic mass is 16.6. The number of nitrogens with one attached hydrogen (secondary N) is 1. The van der Waals surface area contributed by atoms with Gasteiger partial charge in [-0.2, -0.15) is 5.26 Å². The highest BCUT2D eigenvalue weighted by molar-refractivity contribution is 5.70. The summed E-state index contributed by atoms with van der Waals surface area (Å²) in [5.74, 6) is 0.253. The number of rotatable bonds is 3. The van der Waals surface area contributed by atoms with Crippen LogP contribution in [0, 0.1) is 21.4 Å². The maximum atomic E-state index is 11.0. The van der Waals surface area contributed by atoms with Gasteiger partial charge in [0.25, 0.3) is 0 Å². The fraction of sp³-hybridized carbons (Fsp3) is 0.0909. The van der Waals surface area contributed by atoms with Crippen LogP contribution in [0.25, 0.3) is 11.3 Å². The Kier molecular flexibility index (Phi) is 3.29. The first kappa shape index (κ1) is 12.4. The third-order valence-corrected chi connectivity index (χ3v) is 2.33. The lowest BCUT2D eigenvalue weighted by atomic mass is 10.1. The van der Waals surface area contributed by atoms with Crippen molar-refractivity contribution in [1.29, 1.82) is 5.26 Å². The summed E-state index contributed by atoms with van der Waals surface area (Å²) in [5, 5.41) is 22.5. The molecule has 0 fully saturated rings. The van der Waals surface area contributed by atoms with Crippen LogP contribution in [0.3, 0.4) is 0 Å². The van der Waals surface area contributed by atoms with Crippen LogP contribution in [-0.2, 0) is 0 Å². The molecular weight excluding hydrogens is 248 g/mol. The summed E-state index contributed by atoms with van der Waals surface area (Å²) in [6.45, 7) is 0. The summed E-state index contributed by atoms with van der Waals surface area (Å²) in [6, 6.07) is 3.41. The maximum absolute atomic E-state index is 11.0. The van der Waals surface area contributed by atoms with Crippen molar-refractivity contribution >= 4 is 11.6 Å². The van der Waals surface area contributed by atoms with E-state index in [-0.39, 0.29) is 17.3 Å². The molecule has 0 saturated carbocycles. The molecule has 2 aromatic heterocycles. The Morgan fingerprint density at radius 1 is 1.42 bits per heavy atom. The van der Waals surface area contributed by atoms with Crippen molar-refractivity contribution in [2.24, 2.45) is 0 Å². The van der Waals surface area contributed by atoms with E-state index < -0.39 is 4.92 Å². The summed E-state index contributed by atoms with van der Waals surface area (Å²) >= 11 is 0. The average Bonchev–Trinajstić information content (AvgIpc) is 2.46. The fourth-order valence-electron chi connectivity index (χ4n) is 1.47. The van der Waals surface area contributed by atoms with Gasteiger partial charge in [0.15, 0.2) is 5.69 Å². The lowest BCUT2D eigenvalue weighted by Crippen LogP contribution is -2.02. The topological polar surface area (TPSA) is 118 Å². The van der Waals surface area contributed by atoms with E-state index >= 15 is 0 Å². The summed E-state index contributed by atoms with van der Waals surface area (Å²) in [5.41, 5.74) is 0.575. The van der Waals surface area contributed by atoms with Crippen molar-refractivity contribution in [1.82, 2.24) is 15.0 Å². The van der Waals surface area contributed by atoms with Gasteiger partial charge in [0.1, 0.15) is 12.3 Å². The zero-order valence-electron chi connectivity index (χ0n) is 9.86. The van der Waals surface area contributed by atoms with Crippen LogP contribution < -0.4 is 5.32 Å². The average molecular weight is 256 g/mol. The molecule has 0 spiro atoms. The molecule has 0 saturated heterocycles. The normalized spacial score (nSPS) is 9.68. The lowest BCUT2D eigenvalue weighted by Gasteiger charge is -2.04. The number of hydrogen-bond acceptors (Lipinski definition) is 7. The van der Waals surface area contributed by atoms with Crippen LogP contribution in [-0.4, -0.2) is 26.9 Å².